The number of aryl methyl sites for hydroxylation is 1. The number of nitrogens with one attached hydrogen (secondary N) is 1. The molecular weight excluding hydrogens is 274 g/mol. The standard InChI is InChI=1S/C19H23NO2/c1-21-18-11-5-10-16-13-17(22-19(16)18)14-20-12-6-9-15-7-3-2-4-8-15/h2-5,7-8,10-11,17,20H,6,9,12-14H2,1H3. The van der Waals surface area contributed by atoms with E-state index in [2.05, 4.69) is 41.7 Å². The van der Waals surface area contributed by atoms with Crippen molar-refractivity contribution in [3.8, 4) is 11.5 Å². The molecular formula is C19H23NO2. The van der Waals surface area contributed by atoms with Crippen molar-refractivity contribution in [1.29, 1.82) is 0 Å². The van der Waals surface area contributed by atoms with Gasteiger partial charge < -0.3 is 14.8 Å². The number of fused-ring (bicyclic) bond motifs is 1. The van der Waals surface area contributed by atoms with Crippen LogP contribution in [0.3, 0.4) is 0 Å². The maximum absolute atomic E-state index is 6.01. The van der Waals surface area contributed by atoms with Gasteiger partial charge in [-0.3, -0.25) is 0 Å². The van der Waals surface area contributed by atoms with Gasteiger partial charge in [0.05, 0.1) is 7.11 Å². The van der Waals surface area contributed by atoms with Gasteiger partial charge in [-0.25, -0.2) is 0 Å². The van der Waals surface area contributed by atoms with Crippen LogP contribution in [-0.4, -0.2) is 26.3 Å². The van der Waals surface area contributed by atoms with E-state index in [1.807, 2.05) is 12.1 Å². The van der Waals surface area contributed by atoms with Gasteiger partial charge in [0.15, 0.2) is 11.5 Å². The zero-order chi connectivity index (χ0) is 15.2. The van der Waals surface area contributed by atoms with E-state index in [9.17, 15) is 0 Å². The lowest BCUT2D eigenvalue weighted by Crippen LogP contribution is -2.30. The summed E-state index contributed by atoms with van der Waals surface area (Å²) in [7, 11) is 1.69. The number of rotatable bonds is 7. The third-order valence-electron chi connectivity index (χ3n) is 4.05. The van der Waals surface area contributed by atoms with Crippen LogP contribution in [-0.2, 0) is 12.8 Å². The lowest BCUT2D eigenvalue weighted by atomic mass is 10.1. The highest BCUT2D eigenvalue weighted by atomic mass is 16.5. The SMILES string of the molecule is COc1cccc2c1OC(CNCCCc1ccccc1)C2. The van der Waals surface area contributed by atoms with E-state index in [0.29, 0.717) is 0 Å². The Morgan fingerprint density at radius 3 is 2.82 bits per heavy atom. The second-order valence-corrected chi connectivity index (χ2v) is 5.69. The molecule has 1 aliphatic heterocycles. The first-order chi connectivity index (χ1) is 10.9. The molecule has 1 aliphatic rings. The first-order valence-corrected chi connectivity index (χ1v) is 7.94. The molecule has 1 atom stereocenters. The Bertz CT molecular complexity index is 598. The topological polar surface area (TPSA) is 30.5 Å². The molecule has 3 nitrogen and oxygen atoms in total. The molecule has 0 amide bonds. The molecule has 0 saturated heterocycles. The van der Waals surface area contributed by atoms with E-state index in [1.165, 1.54) is 11.1 Å². The molecule has 2 aromatic rings. The highest BCUT2D eigenvalue weighted by Crippen LogP contribution is 2.37. The highest BCUT2D eigenvalue weighted by molar-refractivity contribution is 5.49. The van der Waals surface area contributed by atoms with Crippen LogP contribution in [0.4, 0.5) is 0 Å². The molecule has 1 unspecified atom stereocenters. The smallest absolute Gasteiger partial charge is 0.164 e. The summed E-state index contributed by atoms with van der Waals surface area (Å²) >= 11 is 0. The number of methoxy groups -OCH3 is 1. The minimum absolute atomic E-state index is 0.211. The fourth-order valence-corrected chi connectivity index (χ4v) is 2.91. The minimum atomic E-state index is 0.211. The van der Waals surface area contributed by atoms with E-state index in [1.54, 1.807) is 7.11 Å². The van der Waals surface area contributed by atoms with Gasteiger partial charge >= 0.3 is 0 Å². The summed E-state index contributed by atoms with van der Waals surface area (Å²) in [5, 5.41) is 3.50. The highest BCUT2D eigenvalue weighted by Gasteiger charge is 2.25. The van der Waals surface area contributed by atoms with Crippen molar-refractivity contribution < 1.29 is 9.47 Å². The van der Waals surface area contributed by atoms with Gasteiger partial charge in [-0.2, -0.15) is 0 Å². The van der Waals surface area contributed by atoms with Crippen LogP contribution in [0.2, 0.25) is 0 Å². The Labute approximate surface area is 132 Å². The van der Waals surface area contributed by atoms with Crippen molar-refractivity contribution in [2.24, 2.45) is 0 Å². The largest absolute Gasteiger partial charge is 0.493 e. The van der Waals surface area contributed by atoms with E-state index >= 15 is 0 Å². The van der Waals surface area contributed by atoms with Gasteiger partial charge in [0.25, 0.3) is 0 Å². The molecule has 116 valence electrons. The normalized spacial score (nSPS) is 16.1. The predicted octanol–water partition coefficient (Wildman–Crippen LogP) is 3.22. The first-order valence-electron chi connectivity index (χ1n) is 7.94. The van der Waals surface area contributed by atoms with Crippen molar-refractivity contribution >= 4 is 0 Å². The minimum Gasteiger partial charge on any atom is -0.493 e. The Hall–Kier alpha value is -2.00. The van der Waals surface area contributed by atoms with Crippen molar-refractivity contribution in [2.45, 2.75) is 25.4 Å². The Morgan fingerprint density at radius 2 is 2.00 bits per heavy atom. The average molecular weight is 297 g/mol. The van der Waals surface area contributed by atoms with E-state index in [4.69, 9.17) is 9.47 Å². The van der Waals surface area contributed by atoms with E-state index in [-0.39, 0.29) is 6.10 Å². The van der Waals surface area contributed by atoms with Crippen molar-refractivity contribution in [3.05, 3.63) is 59.7 Å². The van der Waals surface area contributed by atoms with Gasteiger partial charge in [0.2, 0.25) is 0 Å². The molecule has 0 saturated carbocycles. The number of hydrogen-bond donors (Lipinski definition) is 1. The van der Waals surface area contributed by atoms with Gasteiger partial charge in [-0.05, 0) is 31.0 Å². The summed E-state index contributed by atoms with van der Waals surface area (Å²) in [5.41, 5.74) is 2.65. The molecule has 3 rings (SSSR count). The molecule has 0 aromatic heterocycles. The van der Waals surface area contributed by atoms with Gasteiger partial charge in [0.1, 0.15) is 6.10 Å². The van der Waals surface area contributed by atoms with Crippen LogP contribution in [0.1, 0.15) is 17.5 Å². The molecule has 22 heavy (non-hydrogen) atoms. The summed E-state index contributed by atoms with van der Waals surface area (Å²) in [4.78, 5) is 0. The second kappa shape index (κ2) is 7.32. The Balaban J connectivity index is 1.39. The zero-order valence-electron chi connectivity index (χ0n) is 13.0. The Kier molecular flexibility index (Phi) is 4.96. The van der Waals surface area contributed by atoms with Crippen molar-refractivity contribution in [3.63, 3.8) is 0 Å². The van der Waals surface area contributed by atoms with Crippen LogP contribution in [0.15, 0.2) is 48.5 Å². The maximum atomic E-state index is 6.01. The summed E-state index contributed by atoms with van der Waals surface area (Å²) < 4.78 is 11.4. The quantitative estimate of drug-likeness (QED) is 0.796. The molecule has 2 aromatic carbocycles. The van der Waals surface area contributed by atoms with E-state index in [0.717, 1.165) is 43.9 Å². The maximum Gasteiger partial charge on any atom is 0.164 e. The molecule has 0 radical (unpaired) electrons. The third kappa shape index (κ3) is 3.60. The number of ether oxygens (including phenoxy) is 2. The molecule has 0 spiro atoms. The predicted molar refractivity (Wildman–Crippen MR) is 88.7 cm³/mol. The van der Waals surface area contributed by atoms with Crippen LogP contribution >= 0.6 is 0 Å². The van der Waals surface area contributed by atoms with Crippen LogP contribution in [0.5, 0.6) is 11.5 Å². The number of benzene rings is 2. The van der Waals surface area contributed by atoms with E-state index < -0.39 is 0 Å². The molecule has 1 heterocycles. The van der Waals surface area contributed by atoms with Crippen LogP contribution in [0.25, 0.3) is 0 Å². The van der Waals surface area contributed by atoms with Crippen LogP contribution < -0.4 is 14.8 Å². The van der Waals surface area contributed by atoms with Gasteiger partial charge in [-0.1, -0.05) is 42.5 Å². The number of hydrogen-bond acceptors (Lipinski definition) is 3. The fraction of sp³-hybridized carbons (Fsp3) is 0.368. The molecule has 3 heteroatoms. The monoisotopic (exact) mass is 297 g/mol. The fourth-order valence-electron chi connectivity index (χ4n) is 2.91. The molecule has 0 fully saturated rings. The zero-order valence-corrected chi connectivity index (χ0v) is 13.0. The summed E-state index contributed by atoms with van der Waals surface area (Å²) in [5.74, 6) is 1.75. The molecule has 1 N–H and O–H groups in total. The summed E-state index contributed by atoms with van der Waals surface area (Å²) in [6.07, 6.45) is 3.43. The van der Waals surface area contributed by atoms with Crippen LogP contribution in [0, 0.1) is 0 Å². The first kappa shape index (κ1) is 14.9. The summed E-state index contributed by atoms with van der Waals surface area (Å²) in [6.45, 7) is 1.90. The lowest BCUT2D eigenvalue weighted by Gasteiger charge is -2.13. The van der Waals surface area contributed by atoms with Gasteiger partial charge in [-0.15, -0.1) is 0 Å². The Morgan fingerprint density at radius 1 is 1.14 bits per heavy atom. The summed E-state index contributed by atoms with van der Waals surface area (Å²) in [6, 6.07) is 16.7. The average Bonchev–Trinajstić information content (AvgIpc) is 2.98. The van der Waals surface area contributed by atoms with Crippen molar-refractivity contribution in [2.75, 3.05) is 20.2 Å². The third-order valence-corrected chi connectivity index (χ3v) is 4.05. The van der Waals surface area contributed by atoms with Gasteiger partial charge in [0, 0.05) is 18.5 Å². The second-order valence-electron chi connectivity index (χ2n) is 5.69. The molecule has 0 aliphatic carbocycles. The lowest BCUT2D eigenvalue weighted by molar-refractivity contribution is 0.219. The van der Waals surface area contributed by atoms with Crippen molar-refractivity contribution in [1.82, 2.24) is 5.32 Å². The number of para-hydroxylation sites is 1. The molecule has 0 bridgehead atoms.